The number of likely N-dealkylation sites (N-methyl/N-ethyl adjacent to an activating group) is 1. The maximum atomic E-state index is 12.0. The molecule has 0 aliphatic rings. The van der Waals surface area contributed by atoms with Gasteiger partial charge in [-0.15, -0.1) is 0 Å². The molecule has 0 aliphatic heterocycles. The van der Waals surface area contributed by atoms with Gasteiger partial charge in [-0.3, -0.25) is 14.2 Å². The maximum absolute atomic E-state index is 12.0. The summed E-state index contributed by atoms with van der Waals surface area (Å²) in [5.41, 5.74) is -0.122. The molecule has 20 heavy (non-hydrogen) atoms. The fourth-order valence-electron chi connectivity index (χ4n) is 1.95. The molecule has 1 amide bonds. The zero-order valence-electron chi connectivity index (χ0n) is 11.2. The van der Waals surface area contributed by atoms with Crippen LogP contribution in [0.5, 0.6) is 0 Å². The normalized spacial score (nSPS) is 10.5. The second kappa shape index (κ2) is 5.16. The number of hydrogen-bond donors (Lipinski definition) is 1. The number of hydrogen-bond acceptors (Lipinski definition) is 3. The van der Waals surface area contributed by atoms with Crippen LogP contribution in [-0.2, 0) is 11.3 Å². The van der Waals surface area contributed by atoms with E-state index in [4.69, 9.17) is 5.11 Å². The summed E-state index contributed by atoms with van der Waals surface area (Å²) in [6.07, 6.45) is 0. The fourth-order valence-corrected chi connectivity index (χ4v) is 1.95. The Morgan fingerprint density at radius 1 is 1.25 bits per heavy atom. The number of carbonyl (C=O) groups excluding carboxylic acids is 1. The molecule has 6 nitrogen and oxygen atoms in total. The SMILES string of the molecule is CN(C)C(=O)Cn1c(=O)cc(C(=O)O)c2ccccc21. The van der Waals surface area contributed by atoms with Crippen molar-refractivity contribution < 1.29 is 14.7 Å². The van der Waals surface area contributed by atoms with E-state index < -0.39 is 11.5 Å². The second-order valence-electron chi connectivity index (χ2n) is 4.59. The van der Waals surface area contributed by atoms with Crippen molar-refractivity contribution in [3.8, 4) is 0 Å². The Morgan fingerprint density at radius 3 is 2.50 bits per heavy atom. The molecule has 0 saturated carbocycles. The van der Waals surface area contributed by atoms with Gasteiger partial charge in [0.25, 0.3) is 5.56 Å². The van der Waals surface area contributed by atoms with Gasteiger partial charge < -0.3 is 10.0 Å². The fraction of sp³-hybridized carbons (Fsp3) is 0.214. The van der Waals surface area contributed by atoms with E-state index in [1.165, 1.54) is 9.47 Å². The molecule has 1 N–H and O–H groups in total. The summed E-state index contributed by atoms with van der Waals surface area (Å²) < 4.78 is 1.28. The summed E-state index contributed by atoms with van der Waals surface area (Å²) in [7, 11) is 3.20. The van der Waals surface area contributed by atoms with Gasteiger partial charge >= 0.3 is 5.97 Å². The van der Waals surface area contributed by atoms with E-state index in [1.54, 1.807) is 38.4 Å². The van der Waals surface area contributed by atoms with Crippen molar-refractivity contribution in [1.29, 1.82) is 0 Å². The van der Waals surface area contributed by atoms with Crippen LogP contribution in [0.25, 0.3) is 10.9 Å². The van der Waals surface area contributed by atoms with Crippen LogP contribution in [0.1, 0.15) is 10.4 Å². The lowest BCUT2D eigenvalue weighted by Gasteiger charge is -2.14. The minimum atomic E-state index is -1.16. The zero-order chi connectivity index (χ0) is 14.9. The van der Waals surface area contributed by atoms with Crippen molar-refractivity contribution in [1.82, 2.24) is 9.47 Å². The molecule has 2 rings (SSSR count). The molecule has 0 unspecified atom stereocenters. The zero-order valence-corrected chi connectivity index (χ0v) is 11.2. The number of rotatable bonds is 3. The predicted molar refractivity (Wildman–Crippen MR) is 73.9 cm³/mol. The molecular formula is C14H14N2O4. The van der Waals surface area contributed by atoms with Crippen LogP contribution < -0.4 is 5.56 Å². The topological polar surface area (TPSA) is 79.6 Å². The Hall–Kier alpha value is -2.63. The molecule has 6 heteroatoms. The van der Waals surface area contributed by atoms with Gasteiger partial charge in [0.05, 0.1) is 11.1 Å². The number of amides is 1. The Balaban J connectivity index is 2.71. The van der Waals surface area contributed by atoms with Gasteiger partial charge in [-0.1, -0.05) is 18.2 Å². The van der Waals surface area contributed by atoms with E-state index in [0.29, 0.717) is 10.9 Å². The Kier molecular flexibility index (Phi) is 3.56. The van der Waals surface area contributed by atoms with Gasteiger partial charge in [-0.2, -0.15) is 0 Å². The van der Waals surface area contributed by atoms with Crippen molar-refractivity contribution in [2.45, 2.75) is 6.54 Å². The molecule has 0 radical (unpaired) electrons. The van der Waals surface area contributed by atoms with Crippen LogP contribution in [-0.4, -0.2) is 40.5 Å². The van der Waals surface area contributed by atoms with Crippen LogP contribution in [0.15, 0.2) is 35.1 Å². The van der Waals surface area contributed by atoms with E-state index in [2.05, 4.69) is 0 Å². The molecule has 0 aliphatic carbocycles. The van der Waals surface area contributed by atoms with Crippen LogP contribution >= 0.6 is 0 Å². The first-order valence-corrected chi connectivity index (χ1v) is 5.98. The van der Waals surface area contributed by atoms with Gasteiger partial charge in [0.2, 0.25) is 5.91 Å². The monoisotopic (exact) mass is 274 g/mol. The van der Waals surface area contributed by atoms with Gasteiger partial charge in [0, 0.05) is 25.5 Å². The first-order valence-electron chi connectivity index (χ1n) is 5.98. The number of aromatic nitrogens is 1. The Morgan fingerprint density at radius 2 is 1.90 bits per heavy atom. The lowest BCUT2D eigenvalue weighted by Crippen LogP contribution is -2.32. The third kappa shape index (κ3) is 2.40. The lowest BCUT2D eigenvalue weighted by atomic mass is 10.1. The Bertz CT molecular complexity index is 746. The third-order valence-corrected chi connectivity index (χ3v) is 3.04. The number of nitrogens with zero attached hydrogens (tertiary/aromatic N) is 2. The van der Waals surface area contributed by atoms with E-state index in [1.807, 2.05) is 0 Å². The molecule has 2 aromatic rings. The maximum Gasteiger partial charge on any atom is 0.336 e. The van der Waals surface area contributed by atoms with E-state index in [9.17, 15) is 14.4 Å². The van der Waals surface area contributed by atoms with Crippen molar-refractivity contribution in [2.75, 3.05) is 14.1 Å². The highest BCUT2D eigenvalue weighted by Crippen LogP contribution is 2.16. The minimum absolute atomic E-state index is 0.0563. The van der Waals surface area contributed by atoms with Crippen molar-refractivity contribution in [3.63, 3.8) is 0 Å². The number of carbonyl (C=O) groups is 2. The highest BCUT2D eigenvalue weighted by atomic mass is 16.4. The number of para-hydroxylation sites is 1. The van der Waals surface area contributed by atoms with Gasteiger partial charge in [0.15, 0.2) is 0 Å². The number of benzene rings is 1. The molecule has 104 valence electrons. The Labute approximate surface area is 114 Å². The van der Waals surface area contributed by atoms with E-state index in [-0.39, 0.29) is 18.0 Å². The average Bonchev–Trinajstić information content (AvgIpc) is 2.40. The van der Waals surface area contributed by atoms with E-state index >= 15 is 0 Å². The highest BCUT2D eigenvalue weighted by molar-refractivity contribution is 6.02. The van der Waals surface area contributed by atoms with Gasteiger partial charge in [-0.05, 0) is 6.07 Å². The van der Waals surface area contributed by atoms with Crippen LogP contribution in [0.4, 0.5) is 0 Å². The summed E-state index contributed by atoms with van der Waals surface area (Å²) in [5.74, 6) is -1.40. The molecule has 1 aromatic heterocycles. The van der Waals surface area contributed by atoms with Crippen molar-refractivity contribution in [2.24, 2.45) is 0 Å². The first kappa shape index (κ1) is 13.8. The molecule has 0 spiro atoms. The summed E-state index contributed by atoms with van der Waals surface area (Å²) in [6.45, 7) is -0.119. The van der Waals surface area contributed by atoms with Crippen molar-refractivity contribution >= 4 is 22.8 Å². The number of pyridine rings is 1. The quantitative estimate of drug-likeness (QED) is 0.897. The molecule has 0 fully saturated rings. The van der Waals surface area contributed by atoms with Gasteiger partial charge in [-0.25, -0.2) is 4.79 Å². The van der Waals surface area contributed by atoms with Crippen LogP contribution in [0.2, 0.25) is 0 Å². The average molecular weight is 274 g/mol. The predicted octanol–water partition coefficient (Wildman–Crippen LogP) is 0.788. The summed E-state index contributed by atoms with van der Waals surface area (Å²) in [4.78, 5) is 36.4. The molecule has 0 bridgehead atoms. The van der Waals surface area contributed by atoms with Crippen molar-refractivity contribution in [3.05, 3.63) is 46.2 Å². The minimum Gasteiger partial charge on any atom is -0.478 e. The molecular weight excluding hydrogens is 260 g/mol. The molecule has 0 atom stereocenters. The number of aromatic carboxylic acids is 1. The number of carboxylic acids is 1. The first-order chi connectivity index (χ1) is 9.41. The molecule has 1 aromatic carbocycles. The van der Waals surface area contributed by atoms with E-state index in [0.717, 1.165) is 6.07 Å². The van der Waals surface area contributed by atoms with Crippen LogP contribution in [0, 0.1) is 0 Å². The smallest absolute Gasteiger partial charge is 0.336 e. The second-order valence-corrected chi connectivity index (χ2v) is 4.59. The van der Waals surface area contributed by atoms with Gasteiger partial charge in [0.1, 0.15) is 6.54 Å². The summed E-state index contributed by atoms with van der Waals surface area (Å²) >= 11 is 0. The third-order valence-electron chi connectivity index (χ3n) is 3.04. The number of fused-ring (bicyclic) bond motifs is 1. The highest BCUT2D eigenvalue weighted by Gasteiger charge is 2.15. The largest absolute Gasteiger partial charge is 0.478 e. The summed E-state index contributed by atoms with van der Waals surface area (Å²) in [5, 5.41) is 9.58. The lowest BCUT2D eigenvalue weighted by molar-refractivity contribution is -0.129. The molecule has 1 heterocycles. The standard InChI is InChI=1S/C14H14N2O4/c1-15(2)13(18)8-16-11-6-4-3-5-9(11)10(14(19)20)7-12(16)17/h3-7H,8H2,1-2H3,(H,19,20). The molecule has 0 saturated heterocycles. The number of carboxylic acid groups (broad SMARTS) is 1. The van der Waals surface area contributed by atoms with Crippen LogP contribution in [0.3, 0.4) is 0 Å². The summed E-state index contributed by atoms with van der Waals surface area (Å²) in [6, 6.07) is 7.69.